The summed E-state index contributed by atoms with van der Waals surface area (Å²) in [6, 6.07) is 1.38. The molecule has 3 atom stereocenters. The molecular weight excluding hydrogens is 148 g/mol. The van der Waals surface area contributed by atoms with Gasteiger partial charge in [0.25, 0.3) is 0 Å². The van der Waals surface area contributed by atoms with E-state index in [0.717, 1.165) is 18.5 Å². The van der Waals surface area contributed by atoms with Crippen LogP contribution in [0.5, 0.6) is 0 Å². The maximum Gasteiger partial charge on any atom is 0.0180 e. The van der Waals surface area contributed by atoms with Crippen LogP contribution in [0.3, 0.4) is 0 Å². The van der Waals surface area contributed by atoms with Crippen molar-refractivity contribution in [1.29, 1.82) is 0 Å². The van der Waals surface area contributed by atoms with Gasteiger partial charge in [-0.25, -0.2) is 0 Å². The van der Waals surface area contributed by atoms with Crippen molar-refractivity contribution < 1.29 is 0 Å². The van der Waals surface area contributed by atoms with Crippen molar-refractivity contribution in [3.8, 4) is 0 Å². The van der Waals surface area contributed by atoms with E-state index in [1.807, 2.05) is 0 Å². The lowest BCUT2D eigenvalue weighted by atomic mass is 10.2. The van der Waals surface area contributed by atoms with Crippen molar-refractivity contribution in [3.63, 3.8) is 0 Å². The summed E-state index contributed by atoms with van der Waals surface area (Å²) < 4.78 is 0. The summed E-state index contributed by atoms with van der Waals surface area (Å²) in [4.78, 5) is 2.60. The molecule has 0 radical (unpaired) electrons. The van der Waals surface area contributed by atoms with E-state index in [2.05, 4.69) is 11.8 Å². The maximum absolute atomic E-state index is 5.87. The summed E-state index contributed by atoms with van der Waals surface area (Å²) in [7, 11) is 0. The van der Waals surface area contributed by atoms with Crippen LogP contribution in [0.25, 0.3) is 0 Å². The molecule has 0 amide bonds. The van der Waals surface area contributed by atoms with Crippen LogP contribution < -0.4 is 5.73 Å². The van der Waals surface area contributed by atoms with E-state index in [9.17, 15) is 0 Å². The molecule has 2 aliphatic rings. The second kappa shape index (κ2) is 3.35. The average Bonchev–Trinajstić information content (AvgIpc) is 2.67. The lowest BCUT2D eigenvalue weighted by molar-refractivity contribution is 0.305. The third kappa shape index (κ3) is 1.64. The highest BCUT2D eigenvalue weighted by atomic mass is 15.2. The highest BCUT2D eigenvalue weighted by Crippen LogP contribution is 2.40. The number of nitrogens with two attached hydrogens (primary N) is 1. The summed E-state index contributed by atoms with van der Waals surface area (Å²) in [6.45, 7) is 4.70. The molecule has 70 valence electrons. The molecule has 2 heteroatoms. The van der Waals surface area contributed by atoms with Gasteiger partial charge < -0.3 is 5.73 Å². The van der Waals surface area contributed by atoms with E-state index in [1.54, 1.807) is 0 Å². The van der Waals surface area contributed by atoms with Gasteiger partial charge in [0.2, 0.25) is 0 Å². The summed E-state index contributed by atoms with van der Waals surface area (Å²) in [5.41, 5.74) is 5.87. The van der Waals surface area contributed by atoms with Crippen LogP contribution in [0, 0.1) is 5.92 Å². The number of rotatable bonds is 3. The molecule has 0 spiro atoms. The molecule has 1 heterocycles. The fraction of sp³-hybridized carbons (Fsp3) is 1.00. The SMILES string of the molecule is CCCC1CC1N1CCC(N)C1. The van der Waals surface area contributed by atoms with E-state index in [4.69, 9.17) is 5.73 Å². The number of likely N-dealkylation sites (tertiary alicyclic amines) is 1. The first-order valence-electron chi connectivity index (χ1n) is 5.31. The van der Waals surface area contributed by atoms with Crippen LogP contribution >= 0.6 is 0 Å². The zero-order chi connectivity index (χ0) is 8.55. The fourth-order valence-corrected chi connectivity index (χ4v) is 2.48. The number of nitrogens with zero attached hydrogens (tertiary/aromatic N) is 1. The highest BCUT2D eigenvalue weighted by Gasteiger charge is 2.42. The summed E-state index contributed by atoms with van der Waals surface area (Å²) in [6.07, 6.45) is 5.44. The number of hydrogen-bond donors (Lipinski definition) is 1. The molecule has 0 aromatic carbocycles. The van der Waals surface area contributed by atoms with E-state index in [1.165, 1.54) is 32.2 Å². The van der Waals surface area contributed by atoms with Crippen molar-refractivity contribution in [3.05, 3.63) is 0 Å². The van der Waals surface area contributed by atoms with Gasteiger partial charge in [-0.2, -0.15) is 0 Å². The van der Waals surface area contributed by atoms with Gasteiger partial charge in [0.05, 0.1) is 0 Å². The molecule has 2 rings (SSSR count). The van der Waals surface area contributed by atoms with Crippen LogP contribution in [-0.4, -0.2) is 30.1 Å². The van der Waals surface area contributed by atoms with Gasteiger partial charge in [-0.05, 0) is 25.2 Å². The summed E-state index contributed by atoms with van der Waals surface area (Å²) in [5, 5.41) is 0. The predicted molar refractivity (Wildman–Crippen MR) is 51.0 cm³/mol. The minimum atomic E-state index is 0.466. The second-order valence-corrected chi connectivity index (χ2v) is 4.40. The predicted octanol–water partition coefficient (Wildman–Crippen LogP) is 1.21. The van der Waals surface area contributed by atoms with Crippen LogP contribution in [-0.2, 0) is 0 Å². The van der Waals surface area contributed by atoms with E-state index < -0.39 is 0 Å². The van der Waals surface area contributed by atoms with E-state index >= 15 is 0 Å². The van der Waals surface area contributed by atoms with Gasteiger partial charge in [0.15, 0.2) is 0 Å². The summed E-state index contributed by atoms with van der Waals surface area (Å²) >= 11 is 0. The van der Waals surface area contributed by atoms with Gasteiger partial charge in [0, 0.05) is 25.2 Å². The molecule has 0 bridgehead atoms. The van der Waals surface area contributed by atoms with Crippen LogP contribution in [0.15, 0.2) is 0 Å². The molecule has 2 nitrogen and oxygen atoms in total. The summed E-state index contributed by atoms with van der Waals surface area (Å²) in [5.74, 6) is 1.01. The molecule has 3 unspecified atom stereocenters. The Morgan fingerprint density at radius 3 is 2.92 bits per heavy atom. The molecule has 0 aromatic rings. The van der Waals surface area contributed by atoms with E-state index in [0.29, 0.717) is 6.04 Å². The van der Waals surface area contributed by atoms with Crippen molar-refractivity contribution in [1.82, 2.24) is 4.90 Å². The topological polar surface area (TPSA) is 29.3 Å². The van der Waals surface area contributed by atoms with Crippen molar-refractivity contribution in [2.75, 3.05) is 13.1 Å². The maximum atomic E-state index is 5.87. The van der Waals surface area contributed by atoms with Gasteiger partial charge in [-0.15, -0.1) is 0 Å². The third-order valence-corrected chi connectivity index (χ3v) is 3.27. The fourth-order valence-electron chi connectivity index (χ4n) is 2.48. The van der Waals surface area contributed by atoms with Crippen molar-refractivity contribution in [2.24, 2.45) is 11.7 Å². The van der Waals surface area contributed by atoms with Gasteiger partial charge in [-0.1, -0.05) is 13.3 Å². The van der Waals surface area contributed by atoms with Crippen molar-refractivity contribution >= 4 is 0 Å². The Labute approximate surface area is 75.1 Å². The molecule has 1 saturated carbocycles. The molecule has 1 saturated heterocycles. The van der Waals surface area contributed by atoms with Gasteiger partial charge in [-0.3, -0.25) is 4.90 Å². The molecule has 1 aliphatic heterocycles. The Bertz CT molecular complexity index is 158. The first kappa shape index (κ1) is 8.52. The highest BCUT2D eigenvalue weighted by molar-refractivity contribution is 4.97. The Morgan fingerprint density at radius 2 is 2.33 bits per heavy atom. The minimum Gasteiger partial charge on any atom is -0.326 e. The minimum absolute atomic E-state index is 0.466. The Hall–Kier alpha value is -0.0800. The van der Waals surface area contributed by atoms with Gasteiger partial charge >= 0.3 is 0 Å². The molecular formula is C10H20N2. The molecule has 1 aliphatic carbocycles. The largest absolute Gasteiger partial charge is 0.326 e. The van der Waals surface area contributed by atoms with Crippen LogP contribution in [0.2, 0.25) is 0 Å². The molecule has 2 N–H and O–H groups in total. The standard InChI is InChI=1S/C10H20N2/c1-2-3-8-6-10(8)12-5-4-9(11)7-12/h8-10H,2-7,11H2,1H3. The van der Waals surface area contributed by atoms with Crippen LogP contribution in [0.4, 0.5) is 0 Å². The van der Waals surface area contributed by atoms with Crippen molar-refractivity contribution in [2.45, 2.75) is 44.7 Å². The first-order valence-corrected chi connectivity index (χ1v) is 5.31. The number of hydrogen-bond acceptors (Lipinski definition) is 2. The quantitative estimate of drug-likeness (QED) is 0.686. The third-order valence-electron chi connectivity index (χ3n) is 3.27. The van der Waals surface area contributed by atoms with Crippen LogP contribution in [0.1, 0.15) is 32.6 Å². The second-order valence-electron chi connectivity index (χ2n) is 4.40. The van der Waals surface area contributed by atoms with Gasteiger partial charge in [0.1, 0.15) is 0 Å². The zero-order valence-corrected chi connectivity index (χ0v) is 8.00. The zero-order valence-electron chi connectivity index (χ0n) is 8.00. The molecule has 0 aromatic heterocycles. The first-order chi connectivity index (χ1) is 5.81. The molecule has 12 heavy (non-hydrogen) atoms. The average molecular weight is 168 g/mol. The lowest BCUT2D eigenvalue weighted by Gasteiger charge is -2.14. The Morgan fingerprint density at radius 1 is 1.50 bits per heavy atom. The lowest BCUT2D eigenvalue weighted by Crippen LogP contribution is -2.29. The monoisotopic (exact) mass is 168 g/mol. The normalized spacial score (nSPS) is 42.0. The Balaban J connectivity index is 1.74. The molecule has 2 fully saturated rings. The van der Waals surface area contributed by atoms with E-state index in [-0.39, 0.29) is 0 Å². The smallest absolute Gasteiger partial charge is 0.0180 e. The Kier molecular flexibility index (Phi) is 2.37.